The Morgan fingerprint density at radius 1 is 1.17 bits per heavy atom. The predicted molar refractivity (Wildman–Crippen MR) is 90.2 cm³/mol. The van der Waals surface area contributed by atoms with Gasteiger partial charge < -0.3 is 9.84 Å². The van der Waals surface area contributed by atoms with Crippen molar-refractivity contribution in [1.82, 2.24) is 4.57 Å². The molecule has 0 radical (unpaired) electrons. The third-order valence-corrected chi connectivity index (χ3v) is 4.07. The molecule has 3 aromatic rings. The van der Waals surface area contributed by atoms with E-state index in [2.05, 4.69) is 0 Å². The number of hydrogen-bond acceptors (Lipinski definition) is 3. The molecule has 0 aliphatic carbocycles. The van der Waals surface area contributed by atoms with Gasteiger partial charge in [0.15, 0.2) is 0 Å². The summed E-state index contributed by atoms with van der Waals surface area (Å²) in [7, 11) is 1.92. The minimum Gasteiger partial charge on any atom is -0.490 e. The van der Waals surface area contributed by atoms with Gasteiger partial charge in [-0.3, -0.25) is 5.73 Å². The van der Waals surface area contributed by atoms with Crippen molar-refractivity contribution in [3.63, 3.8) is 0 Å². The highest BCUT2D eigenvalue weighted by molar-refractivity contribution is 5.73. The Hall–Kier alpha value is -2.53. The number of aryl methyl sites for hydroxylation is 2. The average molecular weight is 312 g/mol. The summed E-state index contributed by atoms with van der Waals surface area (Å²) in [4.78, 5) is 0. The first kappa shape index (κ1) is 15.4. The fourth-order valence-electron chi connectivity index (χ4n) is 2.76. The lowest BCUT2D eigenvalue weighted by molar-refractivity contribution is -0.630. The lowest BCUT2D eigenvalue weighted by Gasteiger charge is -2.13. The highest BCUT2D eigenvalue weighted by atomic mass is 16.5. The van der Waals surface area contributed by atoms with E-state index in [-0.39, 0.29) is 6.61 Å². The quantitative estimate of drug-likeness (QED) is 0.706. The van der Waals surface area contributed by atoms with E-state index in [1.54, 1.807) is 0 Å². The maximum Gasteiger partial charge on any atom is 0.355 e. The van der Waals surface area contributed by atoms with Crippen LogP contribution in [0.5, 0.6) is 5.75 Å². The summed E-state index contributed by atoms with van der Waals surface area (Å²) in [5, 5.41) is 10.3. The molecule has 0 unspecified atom stereocenters. The summed E-state index contributed by atoms with van der Waals surface area (Å²) in [5.41, 5.74) is 9.26. The fourth-order valence-corrected chi connectivity index (χ4v) is 2.76. The average Bonchev–Trinajstić information content (AvgIpc) is 2.80. The number of nitrogens with two attached hydrogens (primary N) is 1. The summed E-state index contributed by atoms with van der Waals surface area (Å²) in [5.74, 6) is 1.41. The van der Waals surface area contributed by atoms with Gasteiger partial charge in [-0.1, -0.05) is 30.3 Å². The first-order valence-corrected chi connectivity index (χ1v) is 7.67. The van der Waals surface area contributed by atoms with Crippen LogP contribution in [0.1, 0.15) is 5.56 Å². The van der Waals surface area contributed by atoms with Gasteiger partial charge in [-0.25, -0.2) is 9.13 Å². The van der Waals surface area contributed by atoms with Crippen molar-refractivity contribution in [3.05, 3.63) is 54.1 Å². The van der Waals surface area contributed by atoms with Crippen molar-refractivity contribution < 1.29 is 14.4 Å². The Morgan fingerprint density at radius 2 is 1.87 bits per heavy atom. The van der Waals surface area contributed by atoms with E-state index >= 15 is 0 Å². The zero-order chi connectivity index (χ0) is 16.4. The monoisotopic (exact) mass is 312 g/mol. The van der Waals surface area contributed by atoms with Crippen molar-refractivity contribution in [2.45, 2.75) is 19.6 Å². The summed E-state index contributed by atoms with van der Waals surface area (Å²) >= 11 is 0. The van der Waals surface area contributed by atoms with Crippen LogP contribution in [0.25, 0.3) is 11.0 Å². The smallest absolute Gasteiger partial charge is 0.355 e. The highest BCUT2D eigenvalue weighted by Gasteiger charge is 2.20. The Bertz CT molecular complexity index is 826. The molecule has 5 nitrogen and oxygen atoms in total. The van der Waals surface area contributed by atoms with Gasteiger partial charge in [0.1, 0.15) is 36.0 Å². The van der Waals surface area contributed by atoms with Crippen LogP contribution in [0.15, 0.2) is 48.5 Å². The maximum absolute atomic E-state index is 10.3. The first-order chi connectivity index (χ1) is 11.1. The molecule has 1 aromatic heterocycles. The minimum absolute atomic E-state index is 0.223. The molecule has 120 valence electrons. The summed E-state index contributed by atoms with van der Waals surface area (Å²) < 4.78 is 9.56. The number of rotatable bonds is 5. The van der Waals surface area contributed by atoms with Crippen LogP contribution in [-0.2, 0) is 13.6 Å². The molecular formula is C18H22N3O2+. The first-order valence-electron chi connectivity index (χ1n) is 7.67. The van der Waals surface area contributed by atoms with Gasteiger partial charge in [0.2, 0.25) is 0 Å². The second-order valence-electron chi connectivity index (χ2n) is 5.75. The second kappa shape index (κ2) is 6.30. The summed E-state index contributed by atoms with van der Waals surface area (Å²) in [6.07, 6.45) is -0.646. The van der Waals surface area contributed by atoms with Crippen molar-refractivity contribution in [2.75, 3.05) is 12.3 Å². The van der Waals surface area contributed by atoms with Crippen LogP contribution >= 0.6 is 0 Å². The molecule has 0 saturated carbocycles. The van der Waals surface area contributed by atoms with Crippen LogP contribution in [-0.4, -0.2) is 22.4 Å². The SMILES string of the molecule is Cc1ccccc1OC[C@@H](O)Cn1c(N)[n+](C)c2ccccc21. The fraction of sp³-hybridized carbons (Fsp3) is 0.278. The van der Waals surface area contributed by atoms with E-state index in [4.69, 9.17) is 10.5 Å². The molecule has 0 aliphatic heterocycles. The van der Waals surface area contributed by atoms with Gasteiger partial charge in [-0.15, -0.1) is 0 Å². The number of para-hydroxylation sites is 3. The van der Waals surface area contributed by atoms with Crippen LogP contribution < -0.4 is 15.0 Å². The zero-order valence-electron chi connectivity index (χ0n) is 13.4. The number of imidazole rings is 1. The van der Waals surface area contributed by atoms with Crippen LogP contribution in [0, 0.1) is 6.92 Å². The third kappa shape index (κ3) is 3.00. The molecule has 0 bridgehead atoms. The standard InChI is InChI=1S/C18H21N3O2/c1-13-7-3-6-10-17(13)23-12-14(22)11-21-16-9-5-4-8-15(16)20(2)18(21)19/h3-10,14,19,22H,11-12H2,1-2H3/p+1/t14-/m0/s1. The van der Waals surface area contributed by atoms with E-state index in [9.17, 15) is 5.11 Å². The van der Waals surface area contributed by atoms with Crippen molar-refractivity contribution in [1.29, 1.82) is 0 Å². The molecule has 0 amide bonds. The Kier molecular flexibility index (Phi) is 4.21. The number of aromatic nitrogens is 2. The van der Waals surface area contributed by atoms with Gasteiger partial charge in [0.25, 0.3) is 0 Å². The molecule has 1 atom stereocenters. The maximum atomic E-state index is 10.3. The molecule has 0 saturated heterocycles. The normalized spacial score (nSPS) is 12.5. The number of hydrogen-bond donors (Lipinski definition) is 2. The molecule has 0 fully saturated rings. The molecule has 3 rings (SSSR count). The van der Waals surface area contributed by atoms with Gasteiger partial charge >= 0.3 is 5.95 Å². The topological polar surface area (TPSA) is 64.3 Å². The van der Waals surface area contributed by atoms with Crippen LogP contribution in [0.2, 0.25) is 0 Å². The van der Waals surface area contributed by atoms with E-state index in [1.165, 1.54) is 0 Å². The summed E-state index contributed by atoms with van der Waals surface area (Å²) in [6.45, 7) is 2.60. The molecule has 23 heavy (non-hydrogen) atoms. The largest absolute Gasteiger partial charge is 0.490 e. The molecule has 0 spiro atoms. The predicted octanol–water partition coefficient (Wildman–Crippen LogP) is 1.80. The van der Waals surface area contributed by atoms with Crippen molar-refractivity contribution >= 4 is 17.0 Å². The number of ether oxygens (including phenoxy) is 1. The molecular weight excluding hydrogens is 290 g/mol. The number of anilines is 1. The van der Waals surface area contributed by atoms with Crippen LogP contribution in [0.4, 0.5) is 5.95 Å². The van der Waals surface area contributed by atoms with E-state index < -0.39 is 6.10 Å². The summed E-state index contributed by atoms with van der Waals surface area (Å²) in [6, 6.07) is 15.7. The minimum atomic E-state index is -0.646. The van der Waals surface area contributed by atoms with E-state index in [0.29, 0.717) is 12.5 Å². The number of aliphatic hydroxyl groups is 1. The lowest BCUT2D eigenvalue weighted by Crippen LogP contribution is -2.33. The Balaban J connectivity index is 1.75. The van der Waals surface area contributed by atoms with Gasteiger partial charge in [-0.2, -0.15) is 0 Å². The number of fused-ring (bicyclic) bond motifs is 1. The second-order valence-corrected chi connectivity index (χ2v) is 5.75. The van der Waals surface area contributed by atoms with Crippen molar-refractivity contribution in [3.8, 4) is 5.75 Å². The third-order valence-electron chi connectivity index (χ3n) is 4.07. The highest BCUT2D eigenvalue weighted by Crippen LogP contribution is 2.18. The van der Waals surface area contributed by atoms with Crippen LogP contribution in [0.3, 0.4) is 0 Å². The molecule has 0 aliphatic rings. The molecule has 5 heteroatoms. The van der Waals surface area contributed by atoms with Gasteiger partial charge in [-0.05, 0) is 30.7 Å². The molecule has 2 aromatic carbocycles. The number of nitrogens with zero attached hydrogens (tertiary/aromatic N) is 2. The number of nitrogen functional groups attached to an aromatic ring is 1. The molecule has 1 heterocycles. The number of benzene rings is 2. The van der Waals surface area contributed by atoms with Gasteiger partial charge in [0, 0.05) is 0 Å². The Morgan fingerprint density at radius 3 is 2.65 bits per heavy atom. The Labute approximate surface area is 135 Å². The van der Waals surface area contributed by atoms with E-state index in [0.717, 1.165) is 22.3 Å². The molecule has 3 N–H and O–H groups in total. The lowest BCUT2D eigenvalue weighted by atomic mass is 10.2. The van der Waals surface area contributed by atoms with Gasteiger partial charge in [0.05, 0.1) is 7.05 Å². The number of aliphatic hydroxyl groups excluding tert-OH is 1. The van der Waals surface area contributed by atoms with E-state index in [1.807, 2.05) is 71.6 Å². The zero-order valence-corrected chi connectivity index (χ0v) is 13.4. The van der Waals surface area contributed by atoms with Crippen molar-refractivity contribution in [2.24, 2.45) is 7.05 Å².